The van der Waals surface area contributed by atoms with E-state index in [4.69, 9.17) is 9.47 Å². The van der Waals surface area contributed by atoms with Gasteiger partial charge in [-0.15, -0.1) is 0 Å². The van der Waals surface area contributed by atoms with E-state index in [1.807, 2.05) is 25.7 Å². The van der Waals surface area contributed by atoms with E-state index < -0.39 is 5.60 Å². The van der Waals surface area contributed by atoms with Crippen molar-refractivity contribution in [1.82, 2.24) is 10.2 Å². The highest BCUT2D eigenvalue weighted by atomic mass is 16.6. The third-order valence-electron chi connectivity index (χ3n) is 4.46. The van der Waals surface area contributed by atoms with Gasteiger partial charge in [-0.25, -0.2) is 4.79 Å². The molecule has 0 aromatic rings. The van der Waals surface area contributed by atoms with Crippen molar-refractivity contribution in [2.75, 3.05) is 13.1 Å². The first kappa shape index (κ1) is 17.5. The second-order valence-electron chi connectivity index (χ2n) is 7.80. The number of amides is 1. The number of carbonyl (C=O) groups excluding carboxylic acids is 1. The zero-order valence-electron chi connectivity index (χ0n) is 14.7. The van der Waals surface area contributed by atoms with E-state index in [1.165, 1.54) is 6.42 Å². The molecule has 0 aromatic heterocycles. The van der Waals surface area contributed by atoms with Crippen LogP contribution in [0.3, 0.4) is 0 Å². The van der Waals surface area contributed by atoms with E-state index in [0.29, 0.717) is 18.2 Å². The van der Waals surface area contributed by atoms with Crippen molar-refractivity contribution >= 4 is 6.09 Å². The summed E-state index contributed by atoms with van der Waals surface area (Å²) in [6, 6.07) is 0.678. The van der Waals surface area contributed by atoms with Crippen molar-refractivity contribution in [2.45, 2.75) is 90.2 Å². The summed E-state index contributed by atoms with van der Waals surface area (Å²) in [7, 11) is 0. The van der Waals surface area contributed by atoms with Gasteiger partial charge < -0.3 is 19.7 Å². The van der Waals surface area contributed by atoms with Gasteiger partial charge in [-0.05, 0) is 60.3 Å². The quantitative estimate of drug-likeness (QED) is 0.870. The summed E-state index contributed by atoms with van der Waals surface area (Å²) in [4.78, 5) is 14.1. The average Bonchev–Trinajstić information content (AvgIpc) is 2.80. The molecule has 128 valence electrons. The maximum Gasteiger partial charge on any atom is 0.410 e. The Balaban J connectivity index is 1.74. The van der Waals surface area contributed by atoms with Gasteiger partial charge in [0.25, 0.3) is 0 Å². The number of likely N-dealkylation sites (tertiary alicyclic amines) is 1. The molecule has 0 aromatic carbocycles. The van der Waals surface area contributed by atoms with Crippen molar-refractivity contribution < 1.29 is 14.3 Å². The molecule has 1 N–H and O–H groups in total. The zero-order chi connectivity index (χ0) is 16.3. The topological polar surface area (TPSA) is 50.8 Å². The van der Waals surface area contributed by atoms with Crippen LogP contribution in [0.25, 0.3) is 0 Å². The summed E-state index contributed by atoms with van der Waals surface area (Å²) in [6.07, 6.45) is 4.84. The number of carbonyl (C=O) groups is 1. The molecule has 0 bridgehead atoms. The number of hydrogen-bond acceptors (Lipinski definition) is 4. The Hall–Kier alpha value is -0.810. The van der Waals surface area contributed by atoms with E-state index in [9.17, 15) is 4.79 Å². The molecule has 2 fully saturated rings. The van der Waals surface area contributed by atoms with Gasteiger partial charge in [-0.2, -0.15) is 0 Å². The van der Waals surface area contributed by atoms with Crippen molar-refractivity contribution in [3.63, 3.8) is 0 Å². The number of rotatable bonds is 3. The molecule has 2 aliphatic heterocycles. The average molecular weight is 312 g/mol. The highest BCUT2D eigenvalue weighted by Gasteiger charge is 2.32. The van der Waals surface area contributed by atoms with Crippen LogP contribution in [-0.4, -0.2) is 54.0 Å². The smallest absolute Gasteiger partial charge is 0.410 e. The molecule has 2 saturated heterocycles. The minimum Gasteiger partial charge on any atom is -0.444 e. The number of nitrogens with zero attached hydrogens (tertiary/aromatic N) is 1. The lowest BCUT2D eigenvalue weighted by molar-refractivity contribution is 0.00793. The number of ether oxygens (including phenoxy) is 2. The fourth-order valence-electron chi connectivity index (χ4n) is 3.28. The Kier molecular flexibility index (Phi) is 5.72. The highest BCUT2D eigenvalue weighted by molar-refractivity contribution is 5.68. The lowest BCUT2D eigenvalue weighted by Gasteiger charge is -2.38. The van der Waals surface area contributed by atoms with Gasteiger partial charge in [0, 0.05) is 25.2 Å². The molecule has 22 heavy (non-hydrogen) atoms. The molecule has 0 spiro atoms. The molecule has 5 heteroatoms. The lowest BCUT2D eigenvalue weighted by atomic mass is 9.98. The number of piperidine rings is 1. The third-order valence-corrected chi connectivity index (χ3v) is 4.46. The summed E-state index contributed by atoms with van der Waals surface area (Å²) in [6.45, 7) is 11.7. The maximum atomic E-state index is 12.2. The van der Waals surface area contributed by atoms with Gasteiger partial charge in [-0.1, -0.05) is 0 Å². The minimum absolute atomic E-state index is 0.189. The second-order valence-corrected chi connectivity index (χ2v) is 7.80. The molecular weight excluding hydrogens is 280 g/mol. The Morgan fingerprint density at radius 1 is 1.27 bits per heavy atom. The van der Waals surface area contributed by atoms with Crippen LogP contribution in [0, 0.1) is 0 Å². The fraction of sp³-hybridized carbons (Fsp3) is 0.941. The van der Waals surface area contributed by atoms with Crippen molar-refractivity contribution in [3.05, 3.63) is 0 Å². The molecule has 5 nitrogen and oxygen atoms in total. The van der Waals surface area contributed by atoms with Crippen LogP contribution in [0.4, 0.5) is 4.79 Å². The Morgan fingerprint density at radius 2 is 2.00 bits per heavy atom. The molecule has 4 unspecified atom stereocenters. The summed E-state index contributed by atoms with van der Waals surface area (Å²) in [5, 5.41) is 3.62. The predicted octanol–water partition coefficient (Wildman–Crippen LogP) is 2.93. The summed E-state index contributed by atoms with van der Waals surface area (Å²) < 4.78 is 11.3. The Morgan fingerprint density at radius 3 is 2.55 bits per heavy atom. The standard InChI is InChI=1S/C17H32N2O3/c1-12-10-14(18-11-15-7-6-13(2)21-15)8-9-19(12)16(20)22-17(3,4)5/h12-15,18H,6-11H2,1-5H3. The van der Waals surface area contributed by atoms with Gasteiger partial charge in [0.15, 0.2) is 0 Å². The molecule has 0 saturated carbocycles. The van der Waals surface area contributed by atoms with Crippen molar-refractivity contribution in [1.29, 1.82) is 0 Å². The van der Waals surface area contributed by atoms with Crippen molar-refractivity contribution in [2.24, 2.45) is 0 Å². The molecule has 0 aliphatic carbocycles. The van der Waals surface area contributed by atoms with Crippen LogP contribution in [0.15, 0.2) is 0 Å². The van der Waals surface area contributed by atoms with Crippen LogP contribution in [0.1, 0.15) is 60.3 Å². The predicted molar refractivity (Wildman–Crippen MR) is 87.0 cm³/mol. The zero-order valence-corrected chi connectivity index (χ0v) is 14.7. The number of nitrogens with one attached hydrogen (secondary N) is 1. The first-order valence-corrected chi connectivity index (χ1v) is 8.63. The van der Waals surface area contributed by atoms with Crippen molar-refractivity contribution in [3.8, 4) is 0 Å². The summed E-state index contributed by atoms with van der Waals surface area (Å²) in [5.41, 5.74) is -0.428. The largest absolute Gasteiger partial charge is 0.444 e. The summed E-state index contributed by atoms with van der Waals surface area (Å²) in [5.74, 6) is 0. The van der Waals surface area contributed by atoms with Gasteiger partial charge in [0.2, 0.25) is 0 Å². The molecular formula is C17H32N2O3. The third kappa shape index (κ3) is 5.13. The van der Waals surface area contributed by atoms with Crippen LogP contribution >= 0.6 is 0 Å². The van der Waals surface area contributed by atoms with E-state index in [2.05, 4.69) is 19.2 Å². The molecule has 0 radical (unpaired) electrons. The monoisotopic (exact) mass is 312 g/mol. The molecule has 2 heterocycles. The first-order chi connectivity index (χ1) is 10.2. The molecule has 4 atom stereocenters. The summed E-state index contributed by atoms with van der Waals surface area (Å²) >= 11 is 0. The normalized spacial score (nSPS) is 33.0. The van der Waals surface area contributed by atoms with Gasteiger partial charge in [0.1, 0.15) is 5.60 Å². The highest BCUT2D eigenvalue weighted by Crippen LogP contribution is 2.22. The van der Waals surface area contributed by atoms with E-state index in [1.54, 1.807) is 0 Å². The van der Waals surface area contributed by atoms with Crippen LogP contribution in [-0.2, 0) is 9.47 Å². The Labute approximate surface area is 134 Å². The minimum atomic E-state index is -0.428. The molecule has 1 amide bonds. The fourth-order valence-corrected chi connectivity index (χ4v) is 3.28. The molecule has 2 rings (SSSR count). The maximum absolute atomic E-state index is 12.2. The van der Waals surface area contributed by atoms with Crippen LogP contribution in [0.5, 0.6) is 0 Å². The van der Waals surface area contributed by atoms with Crippen LogP contribution < -0.4 is 5.32 Å². The van der Waals surface area contributed by atoms with E-state index in [0.717, 1.165) is 32.4 Å². The van der Waals surface area contributed by atoms with Crippen LogP contribution in [0.2, 0.25) is 0 Å². The first-order valence-electron chi connectivity index (χ1n) is 8.63. The second kappa shape index (κ2) is 7.18. The lowest BCUT2D eigenvalue weighted by Crippen LogP contribution is -2.51. The van der Waals surface area contributed by atoms with Gasteiger partial charge in [0.05, 0.1) is 12.2 Å². The van der Waals surface area contributed by atoms with Gasteiger partial charge in [-0.3, -0.25) is 0 Å². The Bertz CT molecular complexity index is 381. The van der Waals surface area contributed by atoms with E-state index in [-0.39, 0.29) is 12.1 Å². The molecule has 2 aliphatic rings. The van der Waals surface area contributed by atoms with E-state index >= 15 is 0 Å². The SMILES string of the molecule is CC1CCC(CNC2CCN(C(=O)OC(C)(C)C)C(C)C2)O1. The number of hydrogen-bond donors (Lipinski definition) is 1. The van der Waals surface area contributed by atoms with Gasteiger partial charge >= 0.3 is 6.09 Å².